The second-order valence-electron chi connectivity index (χ2n) is 3.86. The van der Waals surface area contributed by atoms with Crippen molar-refractivity contribution in [2.45, 2.75) is 0 Å². The second kappa shape index (κ2) is 4.53. The summed E-state index contributed by atoms with van der Waals surface area (Å²) in [5, 5.41) is 11.3. The predicted octanol–water partition coefficient (Wildman–Crippen LogP) is 1.25. The third kappa shape index (κ3) is 1.97. The van der Waals surface area contributed by atoms with Crippen LogP contribution < -0.4 is 15.2 Å². The van der Waals surface area contributed by atoms with Gasteiger partial charge in [-0.2, -0.15) is 4.99 Å². The van der Waals surface area contributed by atoms with E-state index in [1.54, 1.807) is 6.07 Å². The zero-order valence-electron chi connectivity index (χ0n) is 9.86. The lowest BCUT2D eigenvalue weighted by Crippen LogP contribution is -2.01. The number of aliphatic imine (C=N–C) groups is 1. The van der Waals surface area contributed by atoms with Gasteiger partial charge in [-0.3, -0.25) is 14.9 Å². The number of fused-ring (bicyclic) bond motifs is 1. The van der Waals surface area contributed by atoms with Crippen LogP contribution in [0.4, 0.5) is 5.69 Å². The van der Waals surface area contributed by atoms with E-state index < -0.39 is 10.8 Å². The van der Waals surface area contributed by atoms with Gasteiger partial charge in [0, 0.05) is 0 Å². The first-order valence-electron chi connectivity index (χ1n) is 5.41. The molecule has 0 saturated carbocycles. The van der Waals surface area contributed by atoms with Crippen molar-refractivity contribution in [1.82, 2.24) is 0 Å². The molecule has 0 spiro atoms. The highest BCUT2D eigenvalue weighted by Gasteiger charge is 2.30. The first-order chi connectivity index (χ1) is 9.56. The monoisotopic (exact) mass is 293 g/mol. The molecule has 0 aliphatic carbocycles. The molecule has 0 radical (unpaired) electrons. The first kappa shape index (κ1) is 12.5. The SMILES string of the molecule is NC1=NC(=O)C(=Cc2ccc3c(c2[N+](=O)[O-])OCO3)S1. The lowest BCUT2D eigenvalue weighted by Gasteiger charge is -2.02. The van der Waals surface area contributed by atoms with Crippen LogP contribution in [0.5, 0.6) is 11.5 Å². The minimum absolute atomic E-state index is 0.0636. The molecule has 8 nitrogen and oxygen atoms in total. The molecule has 3 rings (SSSR count). The van der Waals surface area contributed by atoms with E-state index in [0.717, 1.165) is 11.8 Å². The van der Waals surface area contributed by atoms with Gasteiger partial charge in [0.15, 0.2) is 10.9 Å². The number of amides is 1. The number of ether oxygens (including phenoxy) is 2. The molecule has 2 aliphatic rings. The van der Waals surface area contributed by atoms with Gasteiger partial charge in [-0.25, -0.2) is 0 Å². The topological polar surface area (TPSA) is 117 Å². The molecule has 0 saturated heterocycles. The summed E-state index contributed by atoms with van der Waals surface area (Å²) < 4.78 is 10.2. The molecule has 1 aromatic rings. The average Bonchev–Trinajstić information content (AvgIpc) is 2.95. The number of carbonyl (C=O) groups is 1. The quantitative estimate of drug-likeness (QED) is 0.495. The summed E-state index contributed by atoms with van der Waals surface area (Å²) in [7, 11) is 0. The third-order valence-corrected chi connectivity index (χ3v) is 3.46. The summed E-state index contributed by atoms with van der Waals surface area (Å²) in [4.78, 5) is 25.9. The number of hydrogen-bond acceptors (Lipinski definition) is 7. The summed E-state index contributed by atoms with van der Waals surface area (Å²) >= 11 is 0.967. The van der Waals surface area contributed by atoms with Crippen LogP contribution in [0.2, 0.25) is 0 Å². The molecule has 2 aliphatic heterocycles. The molecular weight excluding hydrogens is 286 g/mol. The Hall–Kier alpha value is -2.55. The van der Waals surface area contributed by atoms with Crippen LogP contribution in [0.25, 0.3) is 6.08 Å². The highest BCUT2D eigenvalue weighted by molar-refractivity contribution is 8.18. The molecule has 20 heavy (non-hydrogen) atoms. The Labute approximate surface area is 116 Å². The van der Waals surface area contributed by atoms with Gasteiger partial charge in [-0.15, -0.1) is 0 Å². The summed E-state index contributed by atoms with van der Waals surface area (Å²) in [6, 6.07) is 3.04. The molecule has 0 fully saturated rings. The van der Waals surface area contributed by atoms with Crippen molar-refractivity contribution >= 4 is 34.6 Å². The Kier molecular flexibility index (Phi) is 2.83. The summed E-state index contributed by atoms with van der Waals surface area (Å²) in [6.07, 6.45) is 1.37. The Morgan fingerprint density at radius 3 is 2.90 bits per heavy atom. The van der Waals surface area contributed by atoms with E-state index in [0.29, 0.717) is 5.75 Å². The maximum absolute atomic E-state index is 11.5. The van der Waals surface area contributed by atoms with E-state index >= 15 is 0 Å². The molecule has 102 valence electrons. The number of rotatable bonds is 2. The Balaban J connectivity index is 2.09. The highest BCUT2D eigenvalue weighted by atomic mass is 32.2. The van der Waals surface area contributed by atoms with Crippen LogP contribution in [-0.4, -0.2) is 22.8 Å². The fourth-order valence-electron chi connectivity index (χ4n) is 1.84. The van der Waals surface area contributed by atoms with Crippen molar-refractivity contribution in [3.63, 3.8) is 0 Å². The molecule has 1 amide bonds. The standard InChI is InChI=1S/C11H7N3O5S/c12-11-13-10(15)7(20-11)3-5-1-2-6-9(19-4-18-6)8(5)14(16)17/h1-3H,4H2,(H2,12,13,15). The number of carbonyl (C=O) groups excluding carboxylic acids is 1. The van der Waals surface area contributed by atoms with Crippen molar-refractivity contribution in [3.05, 3.63) is 32.7 Å². The van der Waals surface area contributed by atoms with E-state index in [4.69, 9.17) is 15.2 Å². The smallest absolute Gasteiger partial charge is 0.322 e. The molecule has 2 heterocycles. The first-order valence-corrected chi connectivity index (χ1v) is 6.23. The van der Waals surface area contributed by atoms with Crippen LogP contribution in [0.3, 0.4) is 0 Å². The van der Waals surface area contributed by atoms with E-state index in [1.807, 2.05) is 0 Å². The van der Waals surface area contributed by atoms with Crippen molar-refractivity contribution in [3.8, 4) is 11.5 Å². The number of thioether (sulfide) groups is 1. The van der Waals surface area contributed by atoms with Gasteiger partial charge in [0.25, 0.3) is 5.91 Å². The van der Waals surface area contributed by atoms with E-state index in [2.05, 4.69) is 4.99 Å². The van der Waals surface area contributed by atoms with Gasteiger partial charge < -0.3 is 15.2 Å². The van der Waals surface area contributed by atoms with Crippen molar-refractivity contribution < 1.29 is 19.2 Å². The summed E-state index contributed by atoms with van der Waals surface area (Å²) in [5.41, 5.74) is 5.42. The summed E-state index contributed by atoms with van der Waals surface area (Å²) in [5.74, 6) is -0.145. The van der Waals surface area contributed by atoms with Crippen molar-refractivity contribution in [1.29, 1.82) is 0 Å². The number of hydrogen-bond donors (Lipinski definition) is 1. The van der Waals surface area contributed by atoms with Gasteiger partial charge in [-0.05, 0) is 30.0 Å². The van der Waals surface area contributed by atoms with E-state index in [1.165, 1.54) is 12.1 Å². The molecule has 2 N–H and O–H groups in total. The number of nitrogens with zero attached hydrogens (tertiary/aromatic N) is 2. The van der Waals surface area contributed by atoms with E-state index in [-0.39, 0.29) is 33.9 Å². The van der Waals surface area contributed by atoms with Crippen LogP contribution in [0.15, 0.2) is 22.0 Å². The summed E-state index contributed by atoms with van der Waals surface area (Å²) in [6.45, 7) is -0.0695. The highest BCUT2D eigenvalue weighted by Crippen LogP contribution is 2.44. The Bertz CT molecular complexity index is 698. The second-order valence-corrected chi connectivity index (χ2v) is 4.92. The molecule has 9 heteroatoms. The Morgan fingerprint density at radius 1 is 1.45 bits per heavy atom. The van der Waals surface area contributed by atoms with Crippen molar-refractivity contribution in [2.24, 2.45) is 10.7 Å². The molecule has 1 aromatic carbocycles. The largest absolute Gasteiger partial charge is 0.453 e. The zero-order valence-corrected chi connectivity index (χ0v) is 10.7. The van der Waals surface area contributed by atoms with Gasteiger partial charge in [0.05, 0.1) is 15.4 Å². The zero-order chi connectivity index (χ0) is 14.3. The lowest BCUT2D eigenvalue weighted by atomic mass is 10.1. The lowest BCUT2D eigenvalue weighted by molar-refractivity contribution is -0.385. The number of benzene rings is 1. The number of nitro groups is 1. The normalized spacial score (nSPS) is 18.5. The molecule has 0 atom stereocenters. The fourth-order valence-corrected chi connectivity index (χ4v) is 2.52. The minimum Gasteiger partial charge on any atom is -0.453 e. The van der Waals surface area contributed by atoms with Gasteiger partial charge in [0.1, 0.15) is 0 Å². The molecule has 0 aromatic heterocycles. The average molecular weight is 293 g/mol. The fraction of sp³-hybridized carbons (Fsp3) is 0.0909. The van der Waals surface area contributed by atoms with Crippen LogP contribution in [-0.2, 0) is 4.79 Å². The van der Waals surface area contributed by atoms with Crippen LogP contribution >= 0.6 is 11.8 Å². The van der Waals surface area contributed by atoms with E-state index in [9.17, 15) is 14.9 Å². The third-order valence-electron chi connectivity index (χ3n) is 2.65. The minimum atomic E-state index is -0.575. The van der Waals surface area contributed by atoms with Crippen molar-refractivity contribution in [2.75, 3.05) is 6.79 Å². The van der Waals surface area contributed by atoms with Crippen LogP contribution in [0.1, 0.15) is 5.56 Å². The maximum Gasteiger partial charge on any atom is 0.322 e. The number of nitro benzene ring substituents is 1. The van der Waals surface area contributed by atoms with Gasteiger partial charge >= 0.3 is 5.69 Å². The predicted molar refractivity (Wildman–Crippen MR) is 71.4 cm³/mol. The van der Waals surface area contributed by atoms with Crippen LogP contribution in [0, 0.1) is 10.1 Å². The van der Waals surface area contributed by atoms with Gasteiger partial charge in [-0.1, -0.05) is 0 Å². The molecule has 0 unspecified atom stereocenters. The Morgan fingerprint density at radius 2 is 2.25 bits per heavy atom. The maximum atomic E-state index is 11.5. The molecule has 0 bridgehead atoms. The molecular formula is C11H7N3O5S. The number of amidine groups is 1. The number of nitrogens with two attached hydrogens (primary N) is 1. The van der Waals surface area contributed by atoms with Gasteiger partial charge in [0.2, 0.25) is 12.5 Å².